The van der Waals surface area contributed by atoms with E-state index in [0.29, 0.717) is 16.9 Å². The molecule has 2 aromatic carbocycles. The lowest BCUT2D eigenvalue weighted by molar-refractivity contribution is -0.116. The maximum Gasteiger partial charge on any atom is 0.327 e. The highest BCUT2D eigenvalue weighted by Gasteiger charge is 2.36. The number of rotatable bonds is 2. The van der Waals surface area contributed by atoms with Gasteiger partial charge >= 0.3 is 5.69 Å². The van der Waals surface area contributed by atoms with E-state index in [0.717, 1.165) is 21.3 Å². The zero-order valence-corrected chi connectivity index (χ0v) is 15.9. The molecular weight excluding hydrogens is 424 g/mol. The lowest BCUT2D eigenvalue weighted by Gasteiger charge is -2.11. The number of carbonyl (C=O) groups is 1. The Bertz CT molecular complexity index is 1360. The van der Waals surface area contributed by atoms with Gasteiger partial charge in [0.25, 0.3) is 5.56 Å². The summed E-state index contributed by atoms with van der Waals surface area (Å²) in [5.41, 5.74) is 2.61. The fraction of sp³-hybridized carbons (Fsp3) is 0.0500. The molecule has 1 atom stereocenters. The lowest BCUT2D eigenvalue weighted by Crippen LogP contribution is -2.23. The molecular formula is C20H13BrN4O3. The highest BCUT2D eigenvalue weighted by atomic mass is 79.9. The fourth-order valence-electron chi connectivity index (χ4n) is 3.78. The molecule has 8 heteroatoms. The van der Waals surface area contributed by atoms with Crippen LogP contribution in [0.1, 0.15) is 17.0 Å². The van der Waals surface area contributed by atoms with Gasteiger partial charge in [0.15, 0.2) is 0 Å². The van der Waals surface area contributed by atoms with Crippen molar-refractivity contribution in [2.45, 2.75) is 5.92 Å². The van der Waals surface area contributed by atoms with Crippen LogP contribution in [0.4, 0.5) is 5.69 Å². The molecule has 7 nitrogen and oxygen atoms in total. The van der Waals surface area contributed by atoms with Crippen molar-refractivity contribution < 1.29 is 4.79 Å². The molecule has 0 saturated carbocycles. The Morgan fingerprint density at radius 1 is 0.857 bits per heavy atom. The molecule has 4 N–H and O–H groups in total. The number of H-pyrrole nitrogens is 3. The smallest absolute Gasteiger partial charge is 0.327 e. The van der Waals surface area contributed by atoms with Gasteiger partial charge in [-0.15, -0.1) is 0 Å². The zero-order valence-electron chi connectivity index (χ0n) is 14.3. The predicted molar refractivity (Wildman–Crippen MR) is 110 cm³/mol. The van der Waals surface area contributed by atoms with E-state index in [1.807, 2.05) is 48.5 Å². The van der Waals surface area contributed by atoms with Gasteiger partial charge in [0, 0.05) is 15.7 Å². The summed E-state index contributed by atoms with van der Waals surface area (Å²) in [6.45, 7) is 0. The van der Waals surface area contributed by atoms with Crippen LogP contribution in [0.5, 0.6) is 0 Å². The number of anilines is 1. The van der Waals surface area contributed by atoms with Gasteiger partial charge in [-0.25, -0.2) is 4.79 Å². The third-order valence-corrected chi connectivity index (χ3v) is 5.47. The van der Waals surface area contributed by atoms with Crippen molar-refractivity contribution in [1.29, 1.82) is 0 Å². The summed E-state index contributed by atoms with van der Waals surface area (Å²) in [4.78, 5) is 45.3. The summed E-state index contributed by atoms with van der Waals surface area (Å²) in [5, 5.41) is 3.15. The molecule has 0 fully saturated rings. The van der Waals surface area contributed by atoms with Crippen LogP contribution in [0, 0.1) is 0 Å². The van der Waals surface area contributed by atoms with Gasteiger partial charge in [-0.3, -0.25) is 19.6 Å². The zero-order chi connectivity index (χ0) is 19.4. The van der Waals surface area contributed by atoms with Crippen molar-refractivity contribution >= 4 is 38.6 Å². The summed E-state index contributed by atoms with van der Waals surface area (Å²) >= 11 is 3.41. The summed E-state index contributed by atoms with van der Waals surface area (Å²) in [6, 6.07) is 14.9. The molecule has 1 unspecified atom stereocenters. The molecule has 1 amide bonds. The molecule has 0 aliphatic carbocycles. The third-order valence-electron chi connectivity index (χ3n) is 4.94. The van der Waals surface area contributed by atoms with E-state index in [1.54, 1.807) is 0 Å². The second-order valence-electron chi connectivity index (χ2n) is 6.59. The summed E-state index contributed by atoms with van der Waals surface area (Å²) in [5.74, 6) is -0.887. The Kier molecular flexibility index (Phi) is 3.63. The van der Waals surface area contributed by atoms with Gasteiger partial charge in [-0.1, -0.05) is 46.3 Å². The maximum absolute atomic E-state index is 12.9. The number of fused-ring (bicyclic) bond motifs is 2. The van der Waals surface area contributed by atoms with E-state index < -0.39 is 17.2 Å². The number of amides is 1. The predicted octanol–water partition coefficient (Wildman–Crippen LogP) is 3.06. The Morgan fingerprint density at radius 2 is 1.61 bits per heavy atom. The van der Waals surface area contributed by atoms with Crippen molar-refractivity contribution in [3.05, 3.63) is 85.0 Å². The Morgan fingerprint density at radius 3 is 2.39 bits per heavy atom. The standard InChI is InChI=1S/C20H13BrN4O3/c21-10-7-5-9(6-8-10)16-14(15-17(23-16)24-20(28)25-19(15)27)13-11-3-1-2-4-12(11)22-18(13)26/h1-8,13H,(H,22,26)(H3,23,24,25,27,28). The van der Waals surface area contributed by atoms with Gasteiger partial charge in [0.2, 0.25) is 5.91 Å². The summed E-state index contributed by atoms with van der Waals surface area (Å²) in [6.07, 6.45) is 0. The Hall–Kier alpha value is -3.39. The van der Waals surface area contributed by atoms with Gasteiger partial charge in [0.1, 0.15) is 5.65 Å². The second-order valence-corrected chi connectivity index (χ2v) is 7.50. The molecule has 0 saturated heterocycles. The number of aromatic amines is 3. The molecule has 0 bridgehead atoms. The van der Waals surface area contributed by atoms with Gasteiger partial charge in [-0.05, 0) is 29.3 Å². The number of benzene rings is 2. The first-order chi connectivity index (χ1) is 13.5. The van der Waals surface area contributed by atoms with Crippen molar-refractivity contribution in [3.63, 3.8) is 0 Å². The van der Waals surface area contributed by atoms with Crippen LogP contribution in [0.2, 0.25) is 0 Å². The number of aromatic nitrogens is 3. The molecule has 0 spiro atoms. The first-order valence-electron chi connectivity index (χ1n) is 8.57. The highest BCUT2D eigenvalue weighted by molar-refractivity contribution is 9.10. The van der Waals surface area contributed by atoms with Crippen molar-refractivity contribution in [3.8, 4) is 11.3 Å². The van der Waals surface area contributed by atoms with E-state index >= 15 is 0 Å². The van der Waals surface area contributed by atoms with Crippen molar-refractivity contribution in [2.24, 2.45) is 0 Å². The van der Waals surface area contributed by atoms with Crippen molar-refractivity contribution in [1.82, 2.24) is 15.0 Å². The Balaban J connectivity index is 1.88. The second kappa shape index (κ2) is 6.07. The van der Waals surface area contributed by atoms with E-state index in [9.17, 15) is 14.4 Å². The molecule has 28 heavy (non-hydrogen) atoms. The number of para-hydroxylation sites is 1. The number of hydrogen-bond acceptors (Lipinski definition) is 3. The maximum atomic E-state index is 12.9. The number of nitrogens with one attached hydrogen (secondary N) is 4. The molecule has 1 aliphatic heterocycles. The normalized spacial score (nSPS) is 15.6. The SMILES string of the molecule is O=C1Nc2ccccc2C1c1c(-c2ccc(Br)cc2)[nH]c2[nH]c(=O)[nH]c(=O)c12. The minimum Gasteiger partial charge on any atom is -0.340 e. The van der Waals surface area contributed by atoms with Crippen LogP contribution >= 0.6 is 15.9 Å². The van der Waals surface area contributed by atoms with Crippen LogP contribution in [0.25, 0.3) is 22.3 Å². The van der Waals surface area contributed by atoms with Crippen LogP contribution < -0.4 is 16.6 Å². The molecule has 138 valence electrons. The quantitative estimate of drug-likeness (QED) is 0.387. The van der Waals surface area contributed by atoms with Crippen molar-refractivity contribution in [2.75, 3.05) is 5.32 Å². The van der Waals surface area contributed by atoms with E-state index in [4.69, 9.17) is 0 Å². The number of halogens is 1. The first kappa shape index (κ1) is 16.8. The fourth-order valence-corrected chi connectivity index (χ4v) is 4.05. The molecule has 4 aromatic rings. The van der Waals surface area contributed by atoms with Gasteiger partial charge < -0.3 is 10.3 Å². The van der Waals surface area contributed by atoms with Crippen LogP contribution in [0.15, 0.2) is 62.6 Å². The highest BCUT2D eigenvalue weighted by Crippen LogP contribution is 2.43. The van der Waals surface area contributed by atoms with E-state index in [2.05, 4.69) is 36.2 Å². The van der Waals surface area contributed by atoms with E-state index in [-0.39, 0.29) is 11.3 Å². The third kappa shape index (κ3) is 2.45. The minimum absolute atomic E-state index is 0.217. The molecule has 3 heterocycles. The van der Waals surface area contributed by atoms with Gasteiger partial charge in [0.05, 0.1) is 17.0 Å². The topological polar surface area (TPSA) is 111 Å². The number of hydrogen-bond donors (Lipinski definition) is 4. The molecule has 2 aromatic heterocycles. The lowest BCUT2D eigenvalue weighted by atomic mass is 9.89. The van der Waals surface area contributed by atoms with Crippen LogP contribution in [0.3, 0.4) is 0 Å². The summed E-state index contributed by atoms with van der Waals surface area (Å²) < 4.78 is 0.907. The van der Waals surface area contributed by atoms with Gasteiger partial charge in [-0.2, -0.15) is 0 Å². The average molecular weight is 437 g/mol. The largest absolute Gasteiger partial charge is 0.340 e. The number of carbonyl (C=O) groups excluding carboxylic acids is 1. The molecule has 0 radical (unpaired) electrons. The average Bonchev–Trinajstić information content (AvgIpc) is 3.19. The van der Waals surface area contributed by atoms with Crippen LogP contribution in [-0.2, 0) is 4.79 Å². The van der Waals surface area contributed by atoms with Crippen LogP contribution in [-0.4, -0.2) is 20.9 Å². The monoisotopic (exact) mass is 436 g/mol. The van der Waals surface area contributed by atoms with E-state index in [1.165, 1.54) is 0 Å². The molecule has 1 aliphatic rings. The molecule has 5 rings (SSSR count). The Labute approximate surface area is 166 Å². The summed E-state index contributed by atoms with van der Waals surface area (Å²) in [7, 11) is 0. The first-order valence-corrected chi connectivity index (χ1v) is 9.36. The minimum atomic E-state index is -0.671.